The molecule has 2 rings (SSSR count). The number of nitrogens with zero attached hydrogens (tertiary/aromatic N) is 1. The Hall–Kier alpha value is -1.10. The Morgan fingerprint density at radius 2 is 2.29 bits per heavy atom. The first-order chi connectivity index (χ1) is 10.2. The van der Waals surface area contributed by atoms with E-state index in [2.05, 4.69) is 31.0 Å². The molecule has 1 aliphatic heterocycles. The maximum Gasteiger partial charge on any atom is 0.121 e. The predicted octanol–water partition coefficient (Wildman–Crippen LogP) is 2.36. The molecule has 118 valence electrons. The van der Waals surface area contributed by atoms with Gasteiger partial charge in [-0.3, -0.25) is 4.90 Å². The maximum atomic E-state index is 6.03. The van der Waals surface area contributed by atoms with Crippen molar-refractivity contribution in [1.29, 1.82) is 0 Å². The van der Waals surface area contributed by atoms with E-state index in [0.29, 0.717) is 12.5 Å². The lowest BCUT2D eigenvalue weighted by molar-refractivity contribution is 0.0365. The highest BCUT2D eigenvalue weighted by atomic mass is 16.5. The number of benzene rings is 1. The van der Waals surface area contributed by atoms with Crippen molar-refractivity contribution in [3.63, 3.8) is 0 Å². The molecular weight excluding hydrogens is 264 g/mol. The van der Waals surface area contributed by atoms with Crippen molar-refractivity contribution < 1.29 is 9.47 Å². The van der Waals surface area contributed by atoms with Gasteiger partial charge in [0.05, 0.1) is 13.7 Å². The zero-order valence-corrected chi connectivity index (χ0v) is 13.5. The molecule has 2 unspecified atom stereocenters. The van der Waals surface area contributed by atoms with Crippen LogP contribution in [0.2, 0.25) is 0 Å². The normalized spacial score (nSPS) is 20.5. The molecule has 2 atom stereocenters. The lowest BCUT2D eigenvalue weighted by Crippen LogP contribution is -2.36. The van der Waals surface area contributed by atoms with Crippen molar-refractivity contribution in [2.45, 2.75) is 25.8 Å². The van der Waals surface area contributed by atoms with Crippen LogP contribution in [0.4, 0.5) is 0 Å². The van der Waals surface area contributed by atoms with Gasteiger partial charge in [0, 0.05) is 25.7 Å². The molecule has 1 aliphatic rings. The van der Waals surface area contributed by atoms with Crippen LogP contribution >= 0.6 is 0 Å². The molecule has 0 spiro atoms. The average molecular weight is 292 g/mol. The summed E-state index contributed by atoms with van der Waals surface area (Å²) < 4.78 is 10.9. The van der Waals surface area contributed by atoms with Crippen LogP contribution < -0.4 is 10.5 Å². The number of nitrogens with two attached hydrogens (primary N) is 1. The SMILES string of the molecule is COc1ccc(C(CN)N(C)CC2CCCOC2)cc1C. The Kier molecular flexibility index (Phi) is 6.03. The molecule has 0 bridgehead atoms. The molecule has 1 fully saturated rings. The molecule has 2 N–H and O–H groups in total. The zero-order chi connectivity index (χ0) is 15.2. The minimum Gasteiger partial charge on any atom is -0.496 e. The monoisotopic (exact) mass is 292 g/mol. The molecule has 1 heterocycles. The lowest BCUT2D eigenvalue weighted by atomic mass is 9.98. The van der Waals surface area contributed by atoms with Gasteiger partial charge in [-0.2, -0.15) is 0 Å². The molecule has 1 saturated heterocycles. The van der Waals surface area contributed by atoms with E-state index >= 15 is 0 Å². The third-order valence-electron chi connectivity index (χ3n) is 4.36. The van der Waals surface area contributed by atoms with Gasteiger partial charge in [-0.05, 0) is 49.9 Å². The number of hydrogen-bond acceptors (Lipinski definition) is 4. The topological polar surface area (TPSA) is 47.7 Å². The van der Waals surface area contributed by atoms with Gasteiger partial charge in [-0.1, -0.05) is 12.1 Å². The summed E-state index contributed by atoms with van der Waals surface area (Å²) in [4.78, 5) is 2.36. The van der Waals surface area contributed by atoms with Crippen molar-refractivity contribution in [1.82, 2.24) is 4.90 Å². The van der Waals surface area contributed by atoms with Crippen LogP contribution in [0.1, 0.15) is 30.0 Å². The third kappa shape index (κ3) is 4.19. The van der Waals surface area contributed by atoms with E-state index in [1.54, 1.807) is 7.11 Å². The minimum atomic E-state index is 0.247. The van der Waals surface area contributed by atoms with Crippen LogP contribution in [0.25, 0.3) is 0 Å². The smallest absolute Gasteiger partial charge is 0.121 e. The highest BCUT2D eigenvalue weighted by Gasteiger charge is 2.21. The van der Waals surface area contributed by atoms with Crippen molar-refractivity contribution in [3.8, 4) is 5.75 Å². The molecule has 0 aromatic heterocycles. The average Bonchev–Trinajstić information content (AvgIpc) is 2.49. The molecule has 0 radical (unpaired) electrons. The Balaban J connectivity index is 2.05. The Bertz CT molecular complexity index is 444. The quantitative estimate of drug-likeness (QED) is 0.874. The van der Waals surface area contributed by atoms with E-state index in [1.165, 1.54) is 18.4 Å². The Morgan fingerprint density at radius 3 is 2.86 bits per heavy atom. The maximum absolute atomic E-state index is 6.03. The van der Waals surface area contributed by atoms with E-state index in [9.17, 15) is 0 Å². The van der Waals surface area contributed by atoms with E-state index in [0.717, 1.165) is 31.1 Å². The van der Waals surface area contributed by atoms with Gasteiger partial charge in [0.25, 0.3) is 0 Å². The van der Waals surface area contributed by atoms with Gasteiger partial charge < -0.3 is 15.2 Å². The number of ether oxygens (including phenoxy) is 2. The standard InChI is InChI=1S/C17H28N2O2/c1-13-9-15(6-7-17(13)20-3)16(10-18)19(2)11-14-5-4-8-21-12-14/h6-7,9,14,16H,4-5,8,10-12,18H2,1-3H3. The van der Waals surface area contributed by atoms with Crippen LogP contribution in [0.5, 0.6) is 5.75 Å². The molecule has 0 saturated carbocycles. The summed E-state index contributed by atoms with van der Waals surface area (Å²) in [6, 6.07) is 6.59. The van der Waals surface area contributed by atoms with Gasteiger partial charge in [0.15, 0.2) is 0 Å². The molecular formula is C17H28N2O2. The highest BCUT2D eigenvalue weighted by molar-refractivity contribution is 5.37. The van der Waals surface area contributed by atoms with Crippen molar-refractivity contribution in [2.75, 3.05) is 40.5 Å². The Morgan fingerprint density at radius 1 is 1.48 bits per heavy atom. The number of methoxy groups -OCH3 is 1. The molecule has 4 nitrogen and oxygen atoms in total. The van der Waals surface area contributed by atoms with E-state index in [1.807, 2.05) is 6.07 Å². The molecule has 0 aliphatic carbocycles. The molecule has 4 heteroatoms. The summed E-state index contributed by atoms with van der Waals surface area (Å²) in [6.07, 6.45) is 2.43. The van der Waals surface area contributed by atoms with Crippen molar-refractivity contribution in [2.24, 2.45) is 11.7 Å². The summed E-state index contributed by atoms with van der Waals surface area (Å²) in [5.74, 6) is 1.55. The van der Waals surface area contributed by atoms with Gasteiger partial charge >= 0.3 is 0 Å². The number of aryl methyl sites for hydroxylation is 1. The van der Waals surface area contributed by atoms with E-state index in [4.69, 9.17) is 15.2 Å². The van der Waals surface area contributed by atoms with E-state index in [-0.39, 0.29) is 6.04 Å². The number of hydrogen-bond donors (Lipinski definition) is 1. The second-order valence-corrected chi connectivity index (χ2v) is 6.00. The second-order valence-electron chi connectivity index (χ2n) is 6.00. The zero-order valence-electron chi connectivity index (χ0n) is 13.5. The van der Waals surface area contributed by atoms with Crippen LogP contribution in [0, 0.1) is 12.8 Å². The fourth-order valence-electron chi connectivity index (χ4n) is 3.17. The van der Waals surface area contributed by atoms with Crippen LogP contribution in [0.15, 0.2) is 18.2 Å². The van der Waals surface area contributed by atoms with Crippen molar-refractivity contribution in [3.05, 3.63) is 29.3 Å². The predicted molar refractivity (Wildman–Crippen MR) is 85.7 cm³/mol. The van der Waals surface area contributed by atoms with Crippen LogP contribution in [-0.4, -0.2) is 45.4 Å². The molecule has 1 aromatic rings. The summed E-state index contributed by atoms with van der Waals surface area (Å²) in [5, 5.41) is 0. The van der Waals surface area contributed by atoms with Crippen LogP contribution in [0.3, 0.4) is 0 Å². The fraction of sp³-hybridized carbons (Fsp3) is 0.647. The van der Waals surface area contributed by atoms with Gasteiger partial charge in [0.1, 0.15) is 5.75 Å². The number of likely N-dealkylation sites (N-methyl/N-ethyl adjacent to an activating group) is 1. The largest absolute Gasteiger partial charge is 0.496 e. The summed E-state index contributed by atoms with van der Waals surface area (Å²) in [5.41, 5.74) is 8.44. The van der Waals surface area contributed by atoms with Crippen LogP contribution in [-0.2, 0) is 4.74 Å². The van der Waals surface area contributed by atoms with Gasteiger partial charge in [-0.15, -0.1) is 0 Å². The van der Waals surface area contributed by atoms with Gasteiger partial charge in [0.2, 0.25) is 0 Å². The highest BCUT2D eigenvalue weighted by Crippen LogP contribution is 2.26. The van der Waals surface area contributed by atoms with Gasteiger partial charge in [-0.25, -0.2) is 0 Å². The molecule has 1 aromatic carbocycles. The lowest BCUT2D eigenvalue weighted by Gasteiger charge is -2.32. The van der Waals surface area contributed by atoms with Crippen molar-refractivity contribution >= 4 is 0 Å². The third-order valence-corrected chi connectivity index (χ3v) is 4.36. The molecule has 0 amide bonds. The van der Waals surface area contributed by atoms with E-state index < -0.39 is 0 Å². The minimum absolute atomic E-state index is 0.247. The first-order valence-electron chi connectivity index (χ1n) is 7.78. The summed E-state index contributed by atoms with van der Waals surface area (Å²) in [7, 11) is 3.86. The summed E-state index contributed by atoms with van der Waals surface area (Å²) >= 11 is 0. The fourth-order valence-corrected chi connectivity index (χ4v) is 3.17. The first-order valence-corrected chi connectivity index (χ1v) is 7.78. The Labute approximate surface area is 128 Å². The first kappa shape index (κ1) is 16.3. The second kappa shape index (κ2) is 7.78. The number of rotatable bonds is 6. The molecule has 21 heavy (non-hydrogen) atoms. The summed E-state index contributed by atoms with van der Waals surface area (Å²) in [6.45, 7) is 5.52.